The largest absolute Gasteiger partial charge is 0.459 e. The van der Waals surface area contributed by atoms with Crippen LogP contribution in [0.2, 0.25) is 0 Å². The Kier molecular flexibility index (Phi) is 6.38. The van der Waals surface area contributed by atoms with Crippen LogP contribution in [0.1, 0.15) is 26.2 Å². The molecule has 0 aliphatic rings. The summed E-state index contributed by atoms with van der Waals surface area (Å²) < 4.78 is 4.96. The molecule has 0 aromatic rings. The molecule has 0 bridgehead atoms. The fourth-order valence-electron chi connectivity index (χ4n) is 0.870. The van der Waals surface area contributed by atoms with Crippen LogP contribution in [0, 0.1) is 0 Å². The van der Waals surface area contributed by atoms with E-state index in [1.165, 1.54) is 0 Å². The number of rotatable bonds is 6. The second-order valence-electron chi connectivity index (χ2n) is 2.52. The van der Waals surface area contributed by atoms with Crippen LogP contribution in [0.15, 0.2) is 12.7 Å². The number of esters is 1. The molecule has 0 aliphatic carbocycles. The molecular formula is C9H15O3. The smallest absolute Gasteiger partial charge is 0.330 e. The lowest BCUT2D eigenvalue weighted by atomic mass is 10.1. The molecule has 0 amide bonds. The van der Waals surface area contributed by atoms with Gasteiger partial charge in [-0.25, -0.2) is 9.90 Å². The third-order valence-electron chi connectivity index (χ3n) is 1.58. The van der Waals surface area contributed by atoms with E-state index in [2.05, 4.69) is 6.58 Å². The molecule has 0 aromatic heterocycles. The second kappa shape index (κ2) is 6.85. The van der Waals surface area contributed by atoms with Crippen LogP contribution < -0.4 is 0 Å². The summed E-state index contributed by atoms with van der Waals surface area (Å²) in [5.74, 6) is -0.409. The first-order valence-corrected chi connectivity index (χ1v) is 4.15. The first-order valence-electron chi connectivity index (χ1n) is 4.15. The minimum atomic E-state index is -0.409. The molecule has 0 N–H and O–H groups in total. The van der Waals surface area contributed by atoms with Gasteiger partial charge in [0.25, 0.3) is 0 Å². The summed E-state index contributed by atoms with van der Waals surface area (Å²) in [7, 11) is 0. The van der Waals surface area contributed by atoms with Crippen molar-refractivity contribution < 1.29 is 14.6 Å². The Morgan fingerprint density at radius 1 is 1.67 bits per heavy atom. The van der Waals surface area contributed by atoms with Gasteiger partial charge in [-0.2, -0.15) is 0 Å². The maximum absolute atomic E-state index is 10.7. The molecule has 0 fully saturated rings. The standard InChI is InChI=1S/C9H15O3/c1-3-8(6-5-7-10)12-9(11)4-2/h4,8H,2-3,5-7H2,1H3. The van der Waals surface area contributed by atoms with E-state index >= 15 is 0 Å². The average Bonchev–Trinajstić information content (AvgIpc) is 2.11. The van der Waals surface area contributed by atoms with Crippen LogP contribution in [0.5, 0.6) is 0 Å². The number of hydrogen-bond acceptors (Lipinski definition) is 2. The average molecular weight is 171 g/mol. The van der Waals surface area contributed by atoms with Gasteiger partial charge in [0.1, 0.15) is 6.10 Å². The molecule has 12 heavy (non-hydrogen) atoms. The SMILES string of the molecule is C=CC(=O)OC(CC)CCC[O]. The second-order valence-corrected chi connectivity index (χ2v) is 2.52. The van der Waals surface area contributed by atoms with Crippen LogP contribution in [0.4, 0.5) is 0 Å². The maximum Gasteiger partial charge on any atom is 0.330 e. The van der Waals surface area contributed by atoms with Crippen molar-refractivity contribution in [3.05, 3.63) is 12.7 Å². The van der Waals surface area contributed by atoms with Gasteiger partial charge in [-0.3, -0.25) is 0 Å². The molecule has 0 saturated carbocycles. The van der Waals surface area contributed by atoms with Gasteiger partial charge in [0.05, 0.1) is 6.61 Å². The van der Waals surface area contributed by atoms with Gasteiger partial charge in [0.2, 0.25) is 0 Å². The fourth-order valence-corrected chi connectivity index (χ4v) is 0.870. The quantitative estimate of drug-likeness (QED) is 0.451. The Balaban J connectivity index is 3.66. The predicted molar refractivity (Wildman–Crippen MR) is 45.2 cm³/mol. The highest BCUT2D eigenvalue weighted by Gasteiger charge is 2.09. The van der Waals surface area contributed by atoms with Crippen LogP contribution in [-0.4, -0.2) is 18.7 Å². The normalized spacial score (nSPS) is 12.2. The Morgan fingerprint density at radius 2 is 2.33 bits per heavy atom. The van der Waals surface area contributed by atoms with E-state index in [1.54, 1.807) is 0 Å². The summed E-state index contributed by atoms with van der Waals surface area (Å²) in [4.78, 5) is 10.7. The first-order chi connectivity index (χ1) is 5.74. The lowest BCUT2D eigenvalue weighted by Gasteiger charge is -2.13. The van der Waals surface area contributed by atoms with Crippen LogP contribution in [0.3, 0.4) is 0 Å². The van der Waals surface area contributed by atoms with Gasteiger partial charge in [-0.1, -0.05) is 13.5 Å². The zero-order chi connectivity index (χ0) is 9.40. The minimum absolute atomic E-state index is 0.109. The zero-order valence-electron chi connectivity index (χ0n) is 7.41. The van der Waals surface area contributed by atoms with Crippen LogP contribution in [0.25, 0.3) is 0 Å². The molecule has 0 saturated heterocycles. The Labute approximate surface area is 73.0 Å². The predicted octanol–water partition coefficient (Wildman–Crippen LogP) is 1.70. The van der Waals surface area contributed by atoms with E-state index in [1.807, 2.05) is 6.92 Å². The van der Waals surface area contributed by atoms with E-state index < -0.39 is 5.97 Å². The molecule has 1 atom stereocenters. The number of carbonyl (C=O) groups excluding carboxylic acids is 1. The van der Waals surface area contributed by atoms with Crippen molar-refractivity contribution in [1.29, 1.82) is 0 Å². The highest BCUT2D eigenvalue weighted by Crippen LogP contribution is 2.06. The molecule has 0 aliphatic heterocycles. The third kappa shape index (κ3) is 4.91. The molecular weight excluding hydrogens is 156 g/mol. The van der Waals surface area contributed by atoms with E-state index in [0.717, 1.165) is 12.5 Å². The van der Waals surface area contributed by atoms with Crippen LogP contribution >= 0.6 is 0 Å². The van der Waals surface area contributed by atoms with Crippen molar-refractivity contribution in [1.82, 2.24) is 0 Å². The fraction of sp³-hybridized carbons (Fsp3) is 0.667. The first kappa shape index (κ1) is 11.2. The summed E-state index contributed by atoms with van der Waals surface area (Å²) in [6, 6.07) is 0. The van der Waals surface area contributed by atoms with Crippen molar-refractivity contribution in [3.63, 3.8) is 0 Å². The van der Waals surface area contributed by atoms with Crippen molar-refractivity contribution in [2.24, 2.45) is 0 Å². The highest BCUT2D eigenvalue weighted by atomic mass is 16.5. The number of carbonyl (C=O) groups is 1. The molecule has 1 unspecified atom stereocenters. The van der Waals surface area contributed by atoms with Crippen LogP contribution in [-0.2, 0) is 14.6 Å². The van der Waals surface area contributed by atoms with E-state index in [9.17, 15) is 9.90 Å². The van der Waals surface area contributed by atoms with E-state index in [4.69, 9.17) is 4.74 Å². The van der Waals surface area contributed by atoms with Crippen molar-refractivity contribution in [2.75, 3.05) is 6.61 Å². The van der Waals surface area contributed by atoms with Crippen molar-refractivity contribution in [3.8, 4) is 0 Å². The van der Waals surface area contributed by atoms with Gasteiger partial charge in [0, 0.05) is 6.08 Å². The Hall–Kier alpha value is -0.830. The van der Waals surface area contributed by atoms with E-state index in [0.29, 0.717) is 12.8 Å². The molecule has 0 heterocycles. The summed E-state index contributed by atoms with van der Waals surface area (Å²) in [5.41, 5.74) is 0. The van der Waals surface area contributed by atoms with E-state index in [-0.39, 0.29) is 12.7 Å². The minimum Gasteiger partial charge on any atom is -0.459 e. The van der Waals surface area contributed by atoms with Gasteiger partial charge < -0.3 is 4.74 Å². The molecule has 0 rings (SSSR count). The van der Waals surface area contributed by atoms with Crippen molar-refractivity contribution >= 4 is 5.97 Å². The van der Waals surface area contributed by atoms with Crippen molar-refractivity contribution in [2.45, 2.75) is 32.3 Å². The topological polar surface area (TPSA) is 46.2 Å². The maximum atomic E-state index is 10.7. The van der Waals surface area contributed by atoms with Gasteiger partial charge in [-0.15, -0.1) is 0 Å². The van der Waals surface area contributed by atoms with Gasteiger partial charge in [-0.05, 0) is 19.3 Å². The summed E-state index contributed by atoms with van der Waals surface area (Å²) >= 11 is 0. The molecule has 69 valence electrons. The molecule has 0 spiro atoms. The summed E-state index contributed by atoms with van der Waals surface area (Å²) in [6.45, 7) is 5.11. The molecule has 0 aromatic carbocycles. The molecule has 3 nitrogen and oxygen atoms in total. The number of ether oxygens (including phenoxy) is 1. The summed E-state index contributed by atoms with van der Waals surface area (Å²) in [5, 5.41) is 10.1. The molecule has 1 radical (unpaired) electrons. The number of hydrogen-bond donors (Lipinski definition) is 0. The highest BCUT2D eigenvalue weighted by molar-refractivity contribution is 5.81. The van der Waals surface area contributed by atoms with Gasteiger partial charge >= 0.3 is 5.97 Å². The molecule has 3 heteroatoms. The Bertz CT molecular complexity index is 143. The summed E-state index contributed by atoms with van der Waals surface area (Å²) in [6.07, 6.45) is 2.98. The Morgan fingerprint density at radius 3 is 2.75 bits per heavy atom. The van der Waals surface area contributed by atoms with Gasteiger partial charge in [0.15, 0.2) is 0 Å². The lowest BCUT2D eigenvalue weighted by molar-refractivity contribution is -0.143. The lowest BCUT2D eigenvalue weighted by Crippen LogP contribution is -2.16. The monoisotopic (exact) mass is 171 g/mol. The third-order valence-corrected chi connectivity index (χ3v) is 1.58. The zero-order valence-corrected chi connectivity index (χ0v) is 7.41.